The summed E-state index contributed by atoms with van der Waals surface area (Å²) in [6, 6.07) is 21.0. The molecule has 1 saturated carbocycles. The summed E-state index contributed by atoms with van der Waals surface area (Å²) >= 11 is 0. The molecule has 2 aliphatic heterocycles. The Morgan fingerprint density at radius 2 is 1.74 bits per heavy atom. The summed E-state index contributed by atoms with van der Waals surface area (Å²) in [5, 5.41) is 3.71. The Labute approximate surface area is 207 Å². The van der Waals surface area contributed by atoms with E-state index in [0.717, 1.165) is 46.7 Å². The second kappa shape index (κ2) is 9.07. The lowest BCUT2D eigenvalue weighted by Gasteiger charge is -2.37. The van der Waals surface area contributed by atoms with Crippen LogP contribution in [0.3, 0.4) is 0 Å². The molecule has 1 spiro atoms. The molecule has 180 valence electrons. The van der Waals surface area contributed by atoms with Gasteiger partial charge in [-0.2, -0.15) is 0 Å². The van der Waals surface area contributed by atoms with Gasteiger partial charge in [-0.05, 0) is 61.6 Å². The lowest BCUT2D eigenvalue weighted by molar-refractivity contribution is 0.0224. The van der Waals surface area contributed by atoms with E-state index in [1.807, 2.05) is 24.3 Å². The van der Waals surface area contributed by atoms with Crippen molar-refractivity contribution >= 4 is 11.7 Å². The minimum Gasteiger partial charge on any atom is -0.456 e. The predicted octanol–water partition coefficient (Wildman–Crippen LogP) is 7.73. The summed E-state index contributed by atoms with van der Waals surface area (Å²) in [5.74, 6) is 1.23. The second-order valence-corrected chi connectivity index (χ2v) is 10.2. The van der Waals surface area contributed by atoms with Gasteiger partial charge in [-0.25, -0.2) is 4.79 Å². The van der Waals surface area contributed by atoms with Crippen molar-refractivity contribution in [3.8, 4) is 11.5 Å². The van der Waals surface area contributed by atoms with Crippen LogP contribution in [0.25, 0.3) is 0 Å². The first-order chi connectivity index (χ1) is 17.2. The van der Waals surface area contributed by atoms with Crippen molar-refractivity contribution in [2.24, 2.45) is 0 Å². The first-order valence-electron chi connectivity index (χ1n) is 13.2. The number of hydrogen-bond acceptors (Lipinski definition) is 4. The number of esters is 1. The Balaban J connectivity index is 1.46. The van der Waals surface area contributed by atoms with Crippen LogP contribution in [-0.4, -0.2) is 12.0 Å². The molecule has 6 rings (SSSR count). The molecule has 3 aliphatic rings. The monoisotopic (exact) mass is 467 g/mol. The van der Waals surface area contributed by atoms with Crippen LogP contribution in [0.1, 0.15) is 90.9 Å². The SMILES string of the molecule is CCCCCc1ccc2c(c1)C1(OC(=O)c3ccccc31)c1ccc(NC3CCCCC3)cc1O2. The molecule has 1 fully saturated rings. The van der Waals surface area contributed by atoms with E-state index >= 15 is 0 Å². The Bertz CT molecular complexity index is 1260. The third-order valence-corrected chi connectivity index (χ3v) is 7.82. The van der Waals surface area contributed by atoms with Crippen LogP contribution in [-0.2, 0) is 16.8 Å². The predicted molar refractivity (Wildman–Crippen MR) is 138 cm³/mol. The molecule has 4 heteroatoms. The van der Waals surface area contributed by atoms with E-state index in [0.29, 0.717) is 11.6 Å². The Kier molecular flexibility index (Phi) is 5.75. The normalized spacial score (nSPS) is 20.5. The summed E-state index contributed by atoms with van der Waals surface area (Å²) in [6.45, 7) is 2.22. The number of carbonyl (C=O) groups is 1. The maximum absolute atomic E-state index is 13.1. The zero-order chi connectivity index (χ0) is 23.8. The van der Waals surface area contributed by atoms with Crippen molar-refractivity contribution < 1.29 is 14.3 Å². The Hall–Kier alpha value is -3.27. The third kappa shape index (κ3) is 3.80. The number of unbranched alkanes of at least 4 members (excludes halogenated alkanes) is 2. The average Bonchev–Trinajstić information content (AvgIpc) is 3.18. The number of aryl methyl sites for hydroxylation is 1. The summed E-state index contributed by atoms with van der Waals surface area (Å²) in [4.78, 5) is 13.1. The Morgan fingerprint density at radius 3 is 2.60 bits per heavy atom. The largest absolute Gasteiger partial charge is 0.456 e. The minimum absolute atomic E-state index is 0.278. The van der Waals surface area contributed by atoms with Crippen LogP contribution in [0.5, 0.6) is 11.5 Å². The first-order valence-corrected chi connectivity index (χ1v) is 13.2. The van der Waals surface area contributed by atoms with Gasteiger partial charge < -0.3 is 14.8 Å². The maximum atomic E-state index is 13.1. The number of anilines is 1. The summed E-state index contributed by atoms with van der Waals surface area (Å²) in [5.41, 5.74) is 4.67. The van der Waals surface area contributed by atoms with Gasteiger partial charge in [-0.1, -0.05) is 63.3 Å². The highest BCUT2D eigenvalue weighted by molar-refractivity contribution is 5.97. The molecule has 3 aromatic rings. The number of benzene rings is 3. The molecular weight excluding hydrogens is 434 g/mol. The molecule has 1 N–H and O–H groups in total. The number of nitrogens with one attached hydrogen (secondary N) is 1. The van der Waals surface area contributed by atoms with Gasteiger partial charge in [-0.15, -0.1) is 0 Å². The molecule has 1 atom stereocenters. The second-order valence-electron chi connectivity index (χ2n) is 10.2. The lowest BCUT2D eigenvalue weighted by Crippen LogP contribution is -2.33. The highest BCUT2D eigenvalue weighted by Gasteiger charge is 2.53. The number of ether oxygens (including phenoxy) is 2. The number of hydrogen-bond donors (Lipinski definition) is 1. The standard InChI is InChI=1S/C31H33NO3/c1-2-3-5-10-21-15-18-28-27(19-21)31(25-14-9-8-13-24(25)30(33)35-31)26-17-16-23(20-29(26)34-28)32-22-11-6-4-7-12-22/h8-9,13-20,22,32H,2-7,10-12H2,1H3. The average molecular weight is 468 g/mol. The van der Waals surface area contributed by atoms with E-state index in [9.17, 15) is 4.79 Å². The van der Waals surface area contributed by atoms with E-state index in [4.69, 9.17) is 9.47 Å². The van der Waals surface area contributed by atoms with Gasteiger partial charge >= 0.3 is 5.97 Å². The van der Waals surface area contributed by atoms with Gasteiger partial charge in [0, 0.05) is 34.5 Å². The Morgan fingerprint density at radius 1 is 0.886 bits per heavy atom. The van der Waals surface area contributed by atoms with Crippen molar-refractivity contribution in [1.29, 1.82) is 0 Å². The summed E-state index contributed by atoms with van der Waals surface area (Å²) < 4.78 is 12.8. The van der Waals surface area contributed by atoms with Crippen molar-refractivity contribution in [3.63, 3.8) is 0 Å². The number of fused-ring (bicyclic) bond motifs is 6. The molecule has 0 aromatic heterocycles. The molecule has 0 saturated heterocycles. The number of rotatable bonds is 6. The topological polar surface area (TPSA) is 47.6 Å². The molecular formula is C31H33NO3. The van der Waals surface area contributed by atoms with Crippen LogP contribution in [0.2, 0.25) is 0 Å². The van der Waals surface area contributed by atoms with Crippen molar-refractivity contribution in [2.45, 2.75) is 76.4 Å². The minimum atomic E-state index is -0.985. The van der Waals surface area contributed by atoms with E-state index in [1.165, 1.54) is 50.5 Å². The molecule has 1 aliphatic carbocycles. The smallest absolute Gasteiger partial charge is 0.340 e. The van der Waals surface area contributed by atoms with E-state index in [-0.39, 0.29) is 5.97 Å². The van der Waals surface area contributed by atoms with Crippen molar-refractivity contribution in [3.05, 3.63) is 88.5 Å². The van der Waals surface area contributed by atoms with Crippen molar-refractivity contribution in [2.75, 3.05) is 5.32 Å². The van der Waals surface area contributed by atoms with Crippen LogP contribution in [0.15, 0.2) is 60.7 Å². The van der Waals surface area contributed by atoms with Gasteiger partial charge in [0.15, 0.2) is 5.60 Å². The lowest BCUT2D eigenvalue weighted by atomic mass is 9.77. The van der Waals surface area contributed by atoms with Crippen LogP contribution in [0, 0.1) is 0 Å². The molecule has 2 heterocycles. The molecule has 0 amide bonds. The third-order valence-electron chi connectivity index (χ3n) is 7.82. The molecule has 0 bridgehead atoms. The quantitative estimate of drug-likeness (QED) is 0.298. The van der Waals surface area contributed by atoms with Crippen LogP contribution >= 0.6 is 0 Å². The van der Waals surface area contributed by atoms with E-state index in [2.05, 4.69) is 48.6 Å². The molecule has 0 radical (unpaired) electrons. The van der Waals surface area contributed by atoms with Crippen LogP contribution < -0.4 is 10.1 Å². The van der Waals surface area contributed by atoms with E-state index in [1.54, 1.807) is 0 Å². The number of carbonyl (C=O) groups excluding carboxylic acids is 1. The highest BCUT2D eigenvalue weighted by Crippen LogP contribution is 2.56. The van der Waals surface area contributed by atoms with Gasteiger partial charge in [0.2, 0.25) is 0 Å². The highest BCUT2D eigenvalue weighted by atomic mass is 16.6. The zero-order valence-corrected chi connectivity index (χ0v) is 20.4. The van der Waals surface area contributed by atoms with Crippen LogP contribution in [0.4, 0.5) is 5.69 Å². The van der Waals surface area contributed by atoms with Gasteiger partial charge in [0.05, 0.1) is 5.56 Å². The maximum Gasteiger partial charge on any atom is 0.340 e. The van der Waals surface area contributed by atoms with Crippen molar-refractivity contribution in [1.82, 2.24) is 0 Å². The molecule has 1 unspecified atom stereocenters. The molecule has 4 nitrogen and oxygen atoms in total. The van der Waals surface area contributed by atoms with Gasteiger partial charge in [0.25, 0.3) is 0 Å². The van der Waals surface area contributed by atoms with Gasteiger partial charge in [-0.3, -0.25) is 0 Å². The fourth-order valence-electron chi connectivity index (χ4n) is 6.03. The molecule has 3 aromatic carbocycles. The van der Waals surface area contributed by atoms with Gasteiger partial charge in [0.1, 0.15) is 11.5 Å². The fraction of sp³-hybridized carbons (Fsp3) is 0.387. The molecule has 35 heavy (non-hydrogen) atoms. The van der Waals surface area contributed by atoms with E-state index < -0.39 is 5.60 Å². The summed E-state index contributed by atoms with van der Waals surface area (Å²) in [6.07, 6.45) is 10.8. The first kappa shape index (κ1) is 22.2. The zero-order valence-electron chi connectivity index (χ0n) is 20.4. The fourth-order valence-corrected chi connectivity index (χ4v) is 6.03. The summed E-state index contributed by atoms with van der Waals surface area (Å²) in [7, 11) is 0.